The van der Waals surface area contributed by atoms with Crippen LogP contribution in [0.25, 0.3) is 88.4 Å². The maximum absolute atomic E-state index is 16.3. The summed E-state index contributed by atoms with van der Waals surface area (Å²) in [4.78, 5) is 0. The van der Waals surface area contributed by atoms with E-state index >= 15 is 17.6 Å². The molecule has 10 aromatic rings. The molecule has 2 nitrogen and oxygen atoms in total. The average molecular weight is 754 g/mol. The molecule has 274 valence electrons. The van der Waals surface area contributed by atoms with E-state index in [0.29, 0.717) is 33.5 Å². The number of aromatic nitrogens is 2. The van der Waals surface area contributed by atoms with Crippen LogP contribution in [0.1, 0.15) is 31.8 Å². The molecular weight excluding hydrogens is 717 g/mol. The Hall–Kier alpha value is -6.92. The Labute approximate surface area is 332 Å². The Kier molecular flexibility index (Phi) is 6.02. The highest BCUT2D eigenvalue weighted by Crippen LogP contribution is 2.53. The number of rotatable bonds is 4. The van der Waals surface area contributed by atoms with Crippen LogP contribution in [-0.4, -0.2) is 9.13 Å². The van der Waals surface area contributed by atoms with Gasteiger partial charge in [0.05, 0.1) is 28.9 Å². The molecule has 1 aliphatic rings. The summed E-state index contributed by atoms with van der Waals surface area (Å²) in [6, 6.07) is 37.8. The highest BCUT2D eigenvalue weighted by atomic mass is 19.2. The quantitative estimate of drug-likeness (QED) is 0.0962. The number of nitrogens with zero attached hydrogens (tertiary/aromatic N) is 2. The standard InChI is InChI=1S/C51H32F4N2/c1-51(2)39-23-22-33(28-37(39)44-34(17-11-18-40(44)51)29-12-5-3-6-13-29)57-43-25-21-31(27-38(43)45-46(52)47(53)48(54)49(55)50(45)57)30-20-24-42-36(26-30)35-16-9-10-19-41(35)56(42)32-14-7-4-8-15-32/h3-28H,1-2H3/i3D,5D,6D,12D,13D. The summed E-state index contributed by atoms with van der Waals surface area (Å²) in [5, 5.41) is 1.74. The number of hydrogen-bond acceptors (Lipinski definition) is 0. The van der Waals surface area contributed by atoms with Crippen LogP contribution >= 0.6 is 0 Å². The molecule has 0 amide bonds. The smallest absolute Gasteiger partial charge is 0.199 e. The lowest BCUT2D eigenvalue weighted by atomic mass is 9.82. The van der Waals surface area contributed by atoms with E-state index in [1.165, 1.54) is 4.57 Å². The number of para-hydroxylation sites is 2. The van der Waals surface area contributed by atoms with Gasteiger partial charge in [-0.25, -0.2) is 17.6 Å². The number of hydrogen-bond donors (Lipinski definition) is 0. The van der Waals surface area contributed by atoms with Gasteiger partial charge >= 0.3 is 0 Å². The van der Waals surface area contributed by atoms with Gasteiger partial charge in [0.15, 0.2) is 23.3 Å². The van der Waals surface area contributed by atoms with E-state index < -0.39 is 57.7 Å². The summed E-state index contributed by atoms with van der Waals surface area (Å²) in [7, 11) is 0. The largest absolute Gasteiger partial charge is 0.309 e. The Balaban J connectivity index is 1.15. The molecule has 0 unspecified atom stereocenters. The third-order valence-electron chi connectivity index (χ3n) is 11.7. The van der Waals surface area contributed by atoms with Crippen molar-refractivity contribution < 1.29 is 24.4 Å². The van der Waals surface area contributed by atoms with Gasteiger partial charge in [-0.2, -0.15) is 0 Å². The topological polar surface area (TPSA) is 9.86 Å². The van der Waals surface area contributed by atoms with Crippen molar-refractivity contribution >= 4 is 43.6 Å². The second kappa shape index (κ2) is 12.0. The molecule has 8 aromatic carbocycles. The van der Waals surface area contributed by atoms with Gasteiger partial charge < -0.3 is 9.13 Å². The van der Waals surface area contributed by atoms with Gasteiger partial charge in [0.2, 0.25) is 0 Å². The molecule has 0 spiro atoms. The lowest BCUT2D eigenvalue weighted by Crippen LogP contribution is -2.15. The van der Waals surface area contributed by atoms with E-state index in [9.17, 15) is 0 Å². The normalized spacial score (nSPS) is 14.5. The van der Waals surface area contributed by atoms with Crippen molar-refractivity contribution in [3.8, 4) is 44.8 Å². The molecule has 2 aromatic heterocycles. The minimum absolute atomic E-state index is 0.0276. The lowest BCUT2D eigenvalue weighted by Gasteiger charge is -2.22. The monoisotopic (exact) mass is 753 g/mol. The summed E-state index contributed by atoms with van der Waals surface area (Å²) < 4.78 is 109. The molecule has 0 fully saturated rings. The molecule has 0 saturated heterocycles. The van der Waals surface area contributed by atoms with Gasteiger partial charge in [-0.3, -0.25) is 0 Å². The maximum Gasteiger partial charge on any atom is 0.199 e. The molecule has 0 bridgehead atoms. The van der Waals surface area contributed by atoms with Gasteiger partial charge in [0.1, 0.15) is 0 Å². The van der Waals surface area contributed by atoms with Crippen molar-refractivity contribution in [3.63, 3.8) is 0 Å². The number of fused-ring (bicyclic) bond motifs is 9. The fraction of sp³-hybridized carbons (Fsp3) is 0.0588. The van der Waals surface area contributed by atoms with Crippen LogP contribution in [0.4, 0.5) is 17.6 Å². The van der Waals surface area contributed by atoms with Gasteiger partial charge in [0, 0.05) is 38.3 Å². The summed E-state index contributed by atoms with van der Waals surface area (Å²) in [6.07, 6.45) is 0. The third kappa shape index (κ3) is 4.64. The molecule has 0 saturated carbocycles. The summed E-state index contributed by atoms with van der Waals surface area (Å²) in [5.41, 5.74) is 7.26. The van der Waals surface area contributed by atoms with Crippen molar-refractivity contribution in [2.75, 3.05) is 0 Å². The molecule has 6 heteroatoms. The van der Waals surface area contributed by atoms with Crippen molar-refractivity contribution in [2.24, 2.45) is 0 Å². The fourth-order valence-corrected chi connectivity index (χ4v) is 9.11. The SMILES string of the molecule is [2H]c1c([2H])c([2H])c(-c2cccc3c2-c2cc(-n4c5ccc(-c6ccc7c(c6)c6ccccc6n7-c6ccccc6)cc5c5c(F)c(F)c(F)c(F)c54)ccc2C3(C)C)c([2H])c1[2H]. The van der Waals surface area contributed by atoms with E-state index in [1.54, 1.807) is 36.4 Å². The Morgan fingerprint density at radius 2 is 1.14 bits per heavy atom. The predicted molar refractivity (Wildman–Crippen MR) is 223 cm³/mol. The molecule has 0 aliphatic heterocycles. The van der Waals surface area contributed by atoms with Crippen LogP contribution in [0, 0.1) is 23.3 Å². The summed E-state index contributed by atoms with van der Waals surface area (Å²) >= 11 is 0. The molecule has 0 N–H and O–H groups in total. The van der Waals surface area contributed by atoms with Gasteiger partial charge in [0.25, 0.3) is 0 Å². The van der Waals surface area contributed by atoms with Crippen LogP contribution in [0.15, 0.2) is 158 Å². The van der Waals surface area contributed by atoms with Crippen LogP contribution in [0.5, 0.6) is 0 Å². The molecule has 11 rings (SSSR count). The lowest BCUT2D eigenvalue weighted by molar-refractivity contribution is 0.417. The van der Waals surface area contributed by atoms with Gasteiger partial charge in [-0.1, -0.05) is 117 Å². The minimum Gasteiger partial charge on any atom is -0.309 e. The molecule has 2 heterocycles. The van der Waals surface area contributed by atoms with Crippen molar-refractivity contribution in [3.05, 3.63) is 192 Å². The first kappa shape index (κ1) is 28.5. The molecule has 57 heavy (non-hydrogen) atoms. The zero-order valence-corrected chi connectivity index (χ0v) is 30.5. The second-order valence-corrected chi connectivity index (χ2v) is 15.0. The van der Waals surface area contributed by atoms with E-state index in [0.717, 1.165) is 44.2 Å². The van der Waals surface area contributed by atoms with E-state index in [4.69, 9.17) is 6.85 Å². The Morgan fingerprint density at radius 1 is 0.474 bits per heavy atom. The Morgan fingerprint density at radius 3 is 1.91 bits per heavy atom. The second-order valence-electron chi connectivity index (χ2n) is 15.0. The van der Waals surface area contributed by atoms with Crippen LogP contribution in [-0.2, 0) is 5.41 Å². The average Bonchev–Trinajstić information content (AvgIpc) is 3.89. The molecule has 1 aliphatic carbocycles. The van der Waals surface area contributed by atoms with Gasteiger partial charge in [-0.05, 0) is 99.1 Å². The summed E-state index contributed by atoms with van der Waals surface area (Å²) in [5.74, 6) is -6.91. The van der Waals surface area contributed by atoms with Crippen molar-refractivity contribution in [2.45, 2.75) is 19.3 Å². The zero-order valence-electron chi connectivity index (χ0n) is 35.5. The fourth-order valence-electron chi connectivity index (χ4n) is 9.11. The zero-order chi connectivity index (χ0) is 43.1. The highest BCUT2D eigenvalue weighted by Gasteiger charge is 2.37. The molecular formula is C51H32F4N2. The van der Waals surface area contributed by atoms with Crippen molar-refractivity contribution in [1.29, 1.82) is 0 Å². The number of halogens is 4. The van der Waals surface area contributed by atoms with E-state index in [2.05, 4.69) is 16.7 Å². The van der Waals surface area contributed by atoms with E-state index in [-0.39, 0.29) is 23.0 Å². The van der Waals surface area contributed by atoms with Crippen LogP contribution < -0.4 is 0 Å². The Bertz CT molecular complexity index is 3580. The first-order chi connectivity index (χ1) is 29.8. The maximum atomic E-state index is 16.3. The highest BCUT2D eigenvalue weighted by molar-refractivity contribution is 6.13. The molecule has 0 atom stereocenters. The van der Waals surface area contributed by atoms with E-state index in [1.807, 2.05) is 92.7 Å². The first-order valence-corrected chi connectivity index (χ1v) is 18.5. The predicted octanol–water partition coefficient (Wildman–Crippen LogP) is 14.1. The minimum atomic E-state index is -1.93. The van der Waals surface area contributed by atoms with Crippen molar-refractivity contribution in [1.82, 2.24) is 9.13 Å². The molecule has 0 radical (unpaired) electrons. The van der Waals surface area contributed by atoms with Gasteiger partial charge in [-0.15, -0.1) is 0 Å². The first-order valence-electron chi connectivity index (χ1n) is 21.0. The van der Waals surface area contributed by atoms with Crippen LogP contribution in [0.3, 0.4) is 0 Å². The number of benzene rings is 8. The summed E-state index contributed by atoms with van der Waals surface area (Å²) in [6.45, 7) is 4.02. The third-order valence-corrected chi connectivity index (χ3v) is 11.7. The van der Waals surface area contributed by atoms with Crippen LogP contribution in [0.2, 0.25) is 0 Å².